The molecule has 4 heteroatoms. The van der Waals surface area contributed by atoms with E-state index in [4.69, 9.17) is 4.74 Å². The molecule has 2 aromatic rings. The van der Waals surface area contributed by atoms with Gasteiger partial charge in [-0.15, -0.1) is 0 Å². The Morgan fingerprint density at radius 1 is 1.44 bits per heavy atom. The number of ether oxygens (including phenoxy) is 1. The fraction of sp³-hybridized carbons (Fsp3) is 0.357. The van der Waals surface area contributed by atoms with Crippen molar-refractivity contribution >= 4 is 16.7 Å². The van der Waals surface area contributed by atoms with Crippen LogP contribution < -0.4 is 10.1 Å². The van der Waals surface area contributed by atoms with Gasteiger partial charge in [0.25, 0.3) is 0 Å². The third-order valence-corrected chi connectivity index (χ3v) is 3.59. The van der Waals surface area contributed by atoms with Crippen LogP contribution in [0.1, 0.15) is 16.8 Å². The van der Waals surface area contributed by atoms with Crippen LogP contribution in [0.5, 0.6) is 5.75 Å². The molecular weight excluding hydrogens is 228 g/mol. The van der Waals surface area contributed by atoms with Crippen molar-refractivity contribution in [3.05, 3.63) is 30.0 Å². The lowest BCUT2D eigenvalue weighted by Crippen LogP contribution is -2.17. The molecular formula is C14H16N2O2. The van der Waals surface area contributed by atoms with Crippen LogP contribution in [-0.4, -0.2) is 31.0 Å². The molecule has 0 spiro atoms. The molecule has 1 fully saturated rings. The van der Waals surface area contributed by atoms with Gasteiger partial charge < -0.3 is 15.0 Å². The maximum absolute atomic E-state index is 12.4. The third-order valence-electron chi connectivity index (χ3n) is 3.59. The molecule has 1 aliphatic heterocycles. The van der Waals surface area contributed by atoms with Crippen molar-refractivity contribution in [1.82, 2.24) is 10.3 Å². The van der Waals surface area contributed by atoms with Crippen LogP contribution in [0, 0.1) is 5.92 Å². The third kappa shape index (κ3) is 1.78. The molecule has 0 aliphatic carbocycles. The summed E-state index contributed by atoms with van der Waals surface area (Å²) >= 11 is 0. The lowest BCUT2D eigenvalue weighted by Gasteiger charge is -2.06. The van der Waals surface area contributed by atoms with E-state index < -0.39 is 0 Å². The number of H-pyrrole nitrogens is 1. The molecule has 0 bridgehead atoms. The van der Waals surface area contributed by atoms with Crippen molar-refractivity contribution in [2.45, 2.75) is 6.42 Å². The van der Waals surface area contributed by atoms with Crippen molar-refractivity contribution < 1.29 is 9.53 Å². The number of carbonyl (C=O) groups excluding carboxylic acids is 1. The number of aromatic nitrogens is 1. The molecule has 1 saturated heterocycles. The summed E-state index contributed by atoms with van der Waals surface area (Å²) in [6, 6.07) is 5.75. The summed E-state index contributed by atoms with van der Waals surface area (Å²) in [7, 11) is 1.64. The van der Waals surface area contributed by atoms with E-state index in [-0.39, 0.29) is 11.7 Å². The second-order valence-electron chi connectivity index (χ2n) is 4.67. The van der Waals surface area contributed by atoms with E-state index in [1.165, 1.54) is 0 Å². The van der Waals surface area contributed by atoms with Crippen molar-refractivity contribution in [2.24, 2.45) is 5.92 Å². The van der Waals surface area contributed by atoms with Gasteiger partial charge in [-0.3, -0.25) is 4.79 Å². The molecule has 2 N–H and O–H groups in total. The molecule has 1 aromatic carbocycles. The van der Waals surface area contributed by atoms with E-state index in [2.05, 4.69) is 10.3 Å². The number of methoxy groups -OCH3 is 1. The lowest BCUT2D eigenvalue weighted by atomic mass is 9.96. The average Bonchev–Trinajstić information content (AvgIpc) is 3.06. The Hall–Kier alpha value is -1.81. The molecule has 18 heavy (non-hydrogen) atoms. The Balaban J connectivity index is 2.02. The molecule has 94 valence electrons. The second-order valence-corrected chi connectivity index (χ2v) is 4.67. The Kier molecular flexibility index (Phi) is 2.80. The molecule has 1 unspecified atom stereocenters. The van der Waals surface area contributed by atoms with Gasteiger partial charge in [0.15, 0.2) is 5.78 Å². The first-order valence-electron chi connectivity index (χ1n) is 6.19. The Bertz CT molecular complexity index is 582. The smallest absolute Gasteiger partial charge is 0.169 e. The van der Waals surface area contributed by atoms with Crippen LogP contribution in [0.3, 0.4) is 0 Å². The summed E-state index contributed by atoms with van der Waals surface area (Å²) in [5, 5.41) is 4.18. The van der Waals surface area contributed by atoms with Gasteiger partial charge in [0.05, 0.1) is 7.11 Å². The van der Waals surface area contributed by atoms with Gasteiger partial charge in [0.1, 0.15) is 5.75 Å². The highest BCUT2D eigenvalue weighted by Crippen LogP contribution is 2.26. The number of benzene rings is 1. The molecule has 0 radical (unpaired) electrons. The zero-order valence-corrected chi connectivity index (χ0v) is 10.3. The van der Waals surface area contributed by atoms with E-state index >= 15 is 0 Å². The molecule has 0 amide bonds. The minimum Gasteiger partial charge on any atom is -0.497 e. The Morgan fingerprint density at radius 3 is 3.06 bits per heavy atom. The van der Waals surface area contributed by atoms with Crippen LogP contribution in [0.15, 0.2) is 24.4 Å². The van der Waals surface area contributed by atoms with Gasteiger partial charge in [-0.25, -0.2) is 0 Å². The van der Waals surface area contributed by atoms with Crippen molar-refractivity contribution in [3.8, 4) is 5.75 Å². The molecule has 1 aliphatic rings. The van der Waals surface area contributed by atoms with Crippen molar-refractivity contribution in [3.63, 3.8) is 0 Å². The molecule has 0 saturated carbocycles. The number of Topliss-reactive ketones (excluding diaryl/α,β-unsaturated/α-hetero) is 1. The number of ketones is 1. The summed E-state index contributed by atoms with van der Waals surface area (Å²) < 4.78 is 5.21. The maximum Gasteiger partial charge on any atom is 0.169 e. The number of aromatic amines is 1. The summed E-state index contributed by atoms with van der Waals surface area (Å²) in [4.78, 5) is 15.6. The first-order chi connectivity index (χ1) is 8.79. The standard InChI is InChI=1S/C14H16N2O2/c1-18-10-2-3-13-11(6-10)12(8-16-13)14(17)9-4-5-15-7-9/h2-3,6,8-9,15-16H,4-5,7H2,1H3. The monoisotopic (exact) mass is 244 g/mol. The van der Waals surface area contributed by atoms with E-state index in [0.717, 1.165) is 41.7 Å². The Labute approximate surface area is 105 Å². The van der Waals surface area contributed by atoms with Gasteiger partial charge >= 0.3 is 0 Å². The normalized spacial score (nSPS) is 19.3. The SMILES string of the molecule is COc1ccc2[nH]cc(C(=O)C3CCNC3)c2c1. The van der Waals surface area contributed by atoms with Crippen LogP contribution >= 0.6 is 0 Å². The number of fused-ring (bicyclic) bond motifs is 1. The minimum atomic E-state index is 0.107. The first-order valence-corrected chi connectivity index (χ1v) is 6.19. The van der Waals surface area contributed by atoms with Gasteiger partial charge in [-0.05, 0) is 31.2 Å². The van der Waals surface area contributed by atoms with E-state index in [0.29, 0.717) is 0 Å². The largest absolute Gasteiger partial charge is 0.497 e. The molecule has 3 rings (SSSR count). The maximum atomic E-state index is 12.4. The quantitative estimate of drug-likeness (QED) is 0.812. The number of carbonyl (C=O) groups is 1. The highest BCUT2D eigenvalue weighted by atomic mass is 16.5. The topological polar surface area (TPSA) is 54.1 Å². The van der Waals surface area contributed by atoms with E-state index in [1.54, 1.807) is 7.11 Å². The fourth-order valence-corrected chi connectivity index (χ4v) is 2.53. The molecule has 1 aromatic heterocycles. The van der Waals surface area contributed by atoms with Gasteiger partial charge in [0, 0.05) is 35.1 Å². The zero-order chi connectivity index (χ0) is 12.5. The van der Waals surface area contributed by atoms with Crippen LogP contribution in [0.25, 0.3) is 10.9 Å². The number of rotatable bonds is 3. The average molecular weight is 244 g/mol. The fourth-order valence-electron chi connectivity index (χ4n) is 2.53. The van der Waals surface area contributed by atoms with E-state index in [9.17, 15) is 4.79 Å². The zero-order valence-electron chi connectivity index (χ0n) is 10.3. The summed E-state index contributed by atoms with van der Waals surface area (Å²) in [5.74, 6) is 1.11. The second kappa shape index (κ2) is 4.46. The van der Waals surface area contributed by atoms with Crippen molar-refractivity contribution in [1.29, 1.82) is 0 Å². The van der Waals surface area contributed by atoms with Crippen LogP contribution in [0.4, 0.5) is 0 Å². The Morgan fingerprint density at radius 2 is 2.33 bits per heavy atom. The van der Waals surface area contributed by atoms with Gasteiger partial charge in [-0.2, -0.15) is 0 Å². The molecule has 2 heterocycles. The number of hydrogen-bond acceptors (Lipinski definition) is 3. The highest BCUT2D eigenvalue weighted by Gasteiger charge is 2.25. The number of hydrogen-bond donors (Lipinski definition) is 2. The van der Waals surface area contributed by atoms with Crippen molar-refractivity contribution in [2.75, 3.05) is 20.2 Å². The minimum absolute atomic E-state index is 0.107. The molecule has 4 nitrogen and oxygen atoms in total. The first kappa shape index (κ1) is 11.3. The van der Waals surface area contributed by atoms with Crippen LogP contribution in [-0.2, 0) is 0 Å². The van der Waals surface area contributed by atoms with E-state index in [1.807, 2.05) is 24.4 Å². The lowest BCUT2D eigenvalue weighted by molar-refractivity contribution is 0.0932. The summed E-state index contributed by atoms with van der Waals surface area (Å²) in [5.41, 5.74) is 1.75. The van der Waals surface area contributed by atoms with Gasteiger partial charge in [0.2, 0.25) is 0 Å². The van der Waals surface area contributed by atoms with Gasteiger partial charge in [-0.1, -0.05) is 0 Å². The van der Waals surface area contributed by atoms with Crippen LogP contribution in [0.2, 0.25) is 0 Å². The summed E-state index contributed by atoms with van der Waals surface area (Å²) in [6.45, 7) is 1.72. The predicted molar refractivity (Wildman–Crippen MR) is 70.2 cm³/mol. The molecule has 1 atom stereocenters. The summed E-state index contributed by atoms with van der Waals surface area (Å²) in [6.07, 6.45) is 2.74. The number of nitrogens with one attached hydrogen (secondary N) is 2. The highest BCUT2D eigenvalue weighted by molar-refractivity contribution is 6.09. The predicted octanol–water partition coefficient (Wildman–Crippen LogP) is 1.97.